The summed E-state index contributed by atoms with van der Waals surface area (Å²) in [6, 6.07) is 9.46. The van der Waals surface area contributed by atoms with Crippen LogP contribution in [0.15, 0.2) is 30.3 Å². The summed E-state index contributed by atoms with van der Waals surface area (Å²) in [5, 5.41) is 0. The fraction of sp³-hybridized carbons (Fsp3) is 0.300. The zero-order valence-electron chi connectivity index (χ0n) is 7.37. The van der Waals surface area contributed by atoms with Gasteiger partial charge in [0, 0.05) is 0 Å². The lowest BCUT2D eigenvalue weighted by atomic mass is 10.1. The first-order chi connectivity index (χ1) is 6.25. The summed E-state index contributed by atoms with van der Waals surface area (Å²) in [5.41, 5.74) is 0.918. The Kier molecular flexibility index (Phi) is 3.96. The normalized spacial score (nSPS) is 12.2. The predicted molar refractivity (Wildman–Crippen MR) is 54.7 cm³/mol. The molecule has 1 rings (SSSR count). The SMILES string of the molecule is CCOC(=O)[C@@H](Br)c1ccccc1. The number of alkyl halides is 1. The molecule has 0 aromatic heterocycles. The molecule has 0 saturated heterocycles. The van der Waals surface area contributed by atoms with Gasteiger partial charge in [0.25, 0.3) is 0 Å². The molecule has 1 aromatic carbocycles. The lowest BCUT2D eigenvalue weighted by Gasteiger charge is -2.08. The van der Waals surface area contributed by atoms with Crippen LogP contribution in [0.3, 0.4) is 0 Å². The zero-order chi connectivity index (χ0) is 9.68. The molecule has 0 aliphatic carbocycles. The summed E-state index contributed by atoms with van der Waals surface area (Å²) in [6.07, 6.45) is 0. The quantitative estimate of drug-likeness (QED) is 0.602. The number of esters is 1. The molecule has 0 spiro atoms. The third-order valence-electron chi connectivity index (χ3n) is 1.59. The van der Waals surface area contributed by atoms with Crippen molar-refractivity contribution in [1.29, 1.82) is 0 Å². The second-order valence-corrected chi connectivity index (χ2v) is 3.44. The van der Waals surface area contributed by atoms with Crippen LogP contribution in [0.25, 0.3) is 0 Å². The van der Waals surface area contributed by atoms with Crippen LogP contribution in [0.5, 0.6) is 0 Å². The van der Waals surface area contributed by atoms with Gasteiger partial charge >= 0.3 is 5.97 Å². The van der Waals surface area contributed by atoms with Gasteiger partial charge in [-0.3, -0.25) is 4.79 Å². The van der Waals surface area contributed by atoms with Gasteiger partial charge in [-0.2, -0.15) is 0 Å². The van der Waals surface area contributed by atoms with E-state index in [0.29, 0.717) is 6.61 Å². The largest absolute Gasteiger partial charge is 0.465 e. The van der Waals surface area contributed by atoms with E-state index in [1.807, 2.05) is 30.3 Å². The number of carbonyl (C=O) groups is 1. The minimum absolute atomic E-state index is 0.242. The van der Waals surface area contributed by atoms with Gasteiger partial charge in [-0.15, -0.1) is 0 Å². The molecule has 13 heavy (non-hydrogen) atoms. The maximum atomic E-state index is 11.3. The molecule has 3 heteroatoms. The van der Waals surface area contributed by atoms with Crippen LogP contribution in [0, 0.1) is 0 Å². The molecular weight excluding hydrogens is 232 g/mol. The zero-order valence-corrected chi connectivity index (χ0v) is 8.95. The molecule has 1 aromatic rings. The standard InChI is InChI=1S/C10H11BrO2/c1-2-13-10(12)9(11)8-6-4-3-5-7-8/h3-7,9H,2H2,1H3/t9-/m0/s1. The summed E-state index contributed by atoms with van der Waals surface area (Å²) >= 11 is 3.28. The molecule has 0 bridgehead atoms. The Morgan fingerprint density at radius 1 is 1.46 bits per heavy atom. The average molecular weight is 243 g/mol. The van der Waals surface area contributed by atoms with Crippen LogP contribution in [0.1, 0.15) is 17.3 Å². The van der Waals surface area contributed by atoms with Crippen molar-refractivity contribution < 1.29 is 9.53 Å². The molecule has 0 fully saturated rings. The molecule has 1 atom stereocenters. The van der Waals surface area contributed by atoms with Gasteiger partial charge in [0.05, 0.1) is 6.61 Å². The lowest BCUT2D eigenvalue weighted by Crippen LogP contribution is -2.10. The van der Waals surface area contributed by atoms with Crippen molar-refractivity contribution in [2.45, 2.75) is 11.8 Å². The van der Waals surface area contributed by atoms with E-state index in [-0.39, 0.29) is 10.8 Å². The average Bonchev–Trinajstić information content (AvgIpc) is 2.18. The van der Waals surface area contributed by atoms with Crippen molar-refractivity contribution in [3.8, 4) is 0 Å². The first-order valence-electron chi connectivity index (χ1n) is 4.11. The summed E-state index contributed by atoms with van der Waals surface area (Å²) in [4.78, 5) is 10.9. The number of hydrogen-bond donors (Lipinski definition) is 0. The van der Waals surface area contributed by atoms with E-state index in [1.165, 1.54) is 0 Å². The first kappa shape index (κ1) is 10.3. The predicted octanol–water partition coefficient (Wildman–Crippen LogP) is 2.69. The maximum Gasteiger partial charge on any atom is 0.324 e. The topological polar surface area (TPSA) is 26.3 Å². The molecule has 70 valence electrons. The molecule has 0 radical (unpaired) electrons. The summed E-state index contributed by atoms with van der Waals surface area (Å²) in [7, 11) is 0. The van der Waals surface area contributed by atoms with Gasteiger partial charge in [0.2, 0.25) is 0 Å². The summed E-state index contributed by atoms with van der Waals surface area (Å²) in [6.45, 7) is 2.20. The third-order valence-corrected chi connectivity index (χ3v) is 2.49. The molecule has 0 aliphatic heterocycles. The third kappa shape index (κ3) is 2.84. The Hall–Kier alpha value is -0.830. The number of halogens is 1. The molecule has 0 aliphatic rings. The van der Waals surface area contributed by atoms with Crippen LogP contribution in [0.4, 0.5) is 0 Å². The van der Waals surface area contributed by atoms with Crippen molar-refractivity contribution in [1.82, 2.24) is 0 Å². The van der Waals surface area contributed by atoms with E-state index in [0.717, 1.165) is 5.56 Å². The van der Waals surface area contributed by atoms with Crippen LogP contribution in [-0.4, -0.2) is 12.6 Å². The maximum absolute atomic E-state index is 11.3. The molecule has 0 amide bonds. The molecule has 0 saturated carbocycles. The van der Waals surface area contributed by atoms with E-state index >= 15 is 0 Å². The summed E-state index contributed by atoms with van der Waals surface area (Å²) in [5.74, 6) is -0.242. The highest BCUT2D eigenvalue weighted by molar-refractivity contribution is 9.09. The Morgan fingerprint density at radius 3 is 2.62 bits per heavy atom. The van der Waals surface area contributed by atoms with Gasteiger partial charge in [0.1, 0.15) is 4.83 Å². The monoisotopic (exact) mass is 242 g/mol. The number of hydrogen-bond acceptors (Lipinski definition) is 2. The van der Waals surface area contributed by atoms with E-state index < -0.39 is 0 Å². The number of ether oxygens (including phenoxy) is 1. The van der Waals surface area contributed by atoms with Crippen molar-refractivity contribution in [3.05, 3.63) is 35.9 Å². The first-order valence-corrected chi connectivity index (χ1v) is 5.03. The van der Waals surface area contributed by atoms with E-state index in [4.69, 9.17) is 4.74 Å². The molecule has 2 nitrogen and oxygen atoms in total. The summed E-state index contributed by atoms with van der Waals surface area (Å²) < 4.78 is 4.87. The molecular formula is C10H11BrO2. The highest BCUT2D eigenvalue weighted by Gasteiger charge is 2.17. The van der Waals surface area contributed by atoms with E-state index in [1.54, 1.807) is 6.92 Å². The van der Waals surface area contributed by atoms with Crippen molar-refractivity contribution >= 4 is 21.9 Å². The number of benzene rings is 1. The van der Waals surface area contributed by atoms with E-state index in [9.17, 15) is 4.79 Å². The fourth-order valence-electron chi connectivity index (χ4n) is 0.974. The van der Waals surface area contributed by atoms with Gasteiger partial charge in [-0.1, -0.05) is 46.3 Å². The van der Waals surface area contributed by atoms with Crippen LogP contribution < -0.4 is 0 Å². The minimum Gasteiger partial charge on any atom is -0.465 e. The molecule has 0 heterocycles. The van der Waals surface area contributed by atoms with Gasteiger partial charge in [-0.25, -0.2) is 0 Å². The van der Waals surface area contributed by atoms with Crippen LogP contribution in [0.2, 0.25) is 0 Å². The Morgan fingerprint density at radius 2 is 2.08 bits per heavy atom. The van der Waals surface area contributed by atoms with Crippen LogP contribution >= 0.6 is 15.9 Å². The van der Waals surface area contributed by atoms with Crippen LogP contribution in [-0.2, 0) is 9.53 Å². The molecule has 0 N–H and O–H groups in total. The van der Waals surface area contributed by atoms with E-state index in [2.05, 4.69) is 15.9 Å². The van der Waals surface area contributed by atoms with Gasteiger partial charge < -0.3 is 4.74 Å². The highest BCUT2D eigenvalue weighted by Crippen LogP contribution is 2.23. The highest BCUT2D eigenvalue weighted by atomic mass is 79.9. The second-order valence-electron chi connectivity index (χ2n) is 2.53. The smallest absolute Gasteiger partial charge is 0.324 e. The number of rotatable bonds is 3. The van der Waals surface area contributed by atoms with Gasteiger partial charge in [-0.05, 0) is 12.5 Å². The Labute approximate surface area is 86.0 Å². The Bertz CT molecular complexity index is 272. The molecule has 0 unspecified atom stereocenters. The van der Waals surface area contributed by atoms with Gasteiger partial charge in [0.15, 0.2) is 0 Å². The Balaban J connectivity index is 2.68. The lowest BCUT2D eigenvalue weighted by molar-refractivity contribution is -0.142. The minimum atomic E-state index is -0.353. The van der Waals surface area contributed by atoms with Crippen molar-refractivity contribution in [2.75, 3.05) is 6.61 Å². The fourth-order valence-corrected chi connectivity index (χ4v) is 1.41. The van der Waals surface area contributed by atoms with Crippen molar-refractivity contribution in [2.24, 2.45) is 0 Å². The van der Waals surface area contributed by atoms with Crippen molar-refractivity contribution in [3.63, 3.8) is 0 Å². The second kappa shape index (κ2) is 5.02. The number of carbonyl (C=O) groups excluding carboxylic acids is 1.